The molecular formula is C13H12N2O6S2. The van der Waals surface area contributed by atoms with Crippen molar-refractivity contribution in [1.29, 1.82) is 0 Å². The maximum atomic E-state index is 12.2. The van der Waals surface area contributed by atoms with Crippen LogP contribution in [0.1, 0.15) is 16.5 Å². The van der Waals surface area contributed by atoms with Gasteiger partial charge in [0.25, 0.3) is 16.0 Å². The topological polar surface area (TPSA) is 134 Å². The van der Waals surface area contributed by atoms with Crippen LogP contribution < -0.4 is 5.32 Å². The Balaban J connectivity index is 2.22. The van der Waals surface area contributed by atoms with Gasteiger partial charge in [0.05, 0.1) is 12.1 Å². The molecule has 0 aliphatic heterocycles. The molecule has 0 radical (unpaired) electrons. The Labute approximate surface area is 135 Å². The summed E-state index contributed by atoms with van der Waals surface area (Å²) in [7, 11) is -4.68. The summed E-state index contributed by atoms with van der Waals surface area (Å²) < 4.78 is 32.3. The van der Waals surface area contributed by atoms with Crippen molar-refractivity contribution in [1.82, 2.24) is 4.98 Å². The van der Waals surface area contributed by atoms with Crippen LogP contribution in [0.25, 0.3) is 0 Å². The Hall–Kier alpha value is -2.30. The molecule has 0 saturated heterocycles. The van der Waals surface area contributed by atoms with Crippen molar-refractivity contribution in [2.75, 3.05) is 5.32 Å². The second-order valence-electron chi connectivity index (χ2n) is 4.51. The zero-order valence-electron chi connectivity index (χ0n) is 11.5. The van der Waals surface area contributed by atoms with Crippen LogP contribution in [0.3, 0.4) is 0 Å². The van der Waals surface area contributed by atoms with Gasteiger partial charge in [-0.2, -0.15) is 8.42 Å². The van der Waals surface area contributed by atoms with E-state index < -0.39 is 27.2 Å². The molecule has 1 aromatic heterocycles. The summed E-state index contributed by atoms with van der Waals surface area (Å²) in [6.45, 7) is 0. The van der Waals surface area contributed by atoms with Crippen LogP contribution >= 0.6 is 11.3 Å². The van der Waals surface area contributed by atoms with Crippen molar-refractivity contribution in [3.8, 4) is 0 Å². The van der Waals surface area contributed by atoms with Crippen molar-refractivity contribution in [3.05, 3.63) is 47.0 Å². The van der Waals surface area contributed by atoms with E-state index in [-0.39, 0.29) is 22.8 Å². The van der Waals surface area contributed by atoms with Gasteiger partial charge in [-0.25, -0.2) is 4.98 Å². The molecule has 0 saturated carbocycles. The van der Waals surface area contributed by atoms with Gasteiger partial charge in [0.1, 0.15) is 0 Å². The van der Waals surface area contributed by atoms with Crippen molar-refractivity contribution in [2.24, 2.45) is 0 Å². The summed E-state index contributed by atoms with van der Waals surface area (Å²) in [5, 5.41) is 10.6. The number of carboxylic acid groups (broad SMARTS) is 1. The molecule has 23 heavy (non-hydrogen) atoms. The summed E-state index contributed by atoms with van der Waals surface area (Å²) in [5.74, 6) is -2.05. The highest BCUT2D eigenvalue weighted by Gasteiger charge is 2.33. The lowest BCUT2D eigenvalue weighted by atomic mass is 10.1. The van der Waals surface area contributed by atoms with Gasteiger partial charge in [-0.3, -0.25) is 14.1 Å². The number of carboxylic acids is 1. The Bertz CT molecular complexity index is 816. The molecule has 1 aromatic carbocycles. The third-order valence-electron chi connectivity index (χ3n) is 2.75. The highest BCUT2D eigenvalue weighted by molar-refractivity contribution is 7.86. The first-order valence-corrected chi connectivity index (χ1v) is 8.64. The monoisotopic (exact) mass is 356 g/mol. The van der Waals surface area contributed by atoms with E-state index in [1.54, 1.807) is 6.07 Å². The van der Waals surface area contributed by atoms with Gasteiger partial charge < -0.3 is 10.4 Å². The summed E-state index contributed by atoms with van der Waals surface area (Å²) >= 11 is 0.960. The van der Waals surface area contributed by atoms with Gasteiger partial charge >= 0.3 is 5.97 Å². The number of aliphatic carboxylic acids is 1. The Kier molecular flexibility index (Phi) is 5.08. The van der Waals surface area contributed by atoms with Gasteiger partial charge in [-0.15, -0.1) is 11.3 Å². The highest BCUT2D eigenvalue weighted by atomic mass is 32.2. The lowest BCUT2D eigenvalue weighted by Crippen LogP contribution is -2.27. The number of amides is 1. The molecule has 2 aromatic rings. The minimum Gasteiger partial charge on any atom is -0.481 e. The molecular weight excluding hydrogens is 344 g/mol. The van der Waals surface area contributed by atoms with Gasteiger partial charge in [0, 0.05) is 5.38 Å². The van der Waals surface area contributed by atoms with E-state index >= 15 is 0 Å². The van der Waals surface area contributed by atoms with Gasteiger partial charge in [0.2, 0.25) is 0 Å². The quantitative estimate of drug-likeness (QED) is 0.665. The normalized spacial score (nSPS) is 12.6. The fourth-order valence-corrected chi connectivity index (χ4v) is 3.40. The number of hydrogen-bond donors (Lipinski definition) is 3. The molecule has 1 heterocycles. The van der Waals surface area contributed by atoms with E-state index in [1.165, 1.54) is 29.6 Å². The standard InChI is InChI=1S/C13H12N2O6S2/c16-10(17)6-9-7-22-13(14-9)15-12(18)11(23(19,20)21)8-4-2-1-3-5-8/h1-5,7,11H,6H2,(H,16,17)(H,14,15,18)(H,19,20,21). The average molecular weight is 356 g/mol. The number of carbonyl (C=O) groups excluding carboxylic acids is 1. The van der Waals surface area contributed by atoms with Crippen molar-refractivity contribution in [2.45, 2.75) is 11.7 Å². The maximum Gasteiger partial charge on any atom is 0.309 e. The van der Waals surface area contributed by atoms with Crippen LogP contribution in [0, 0.1) is 0 Å². The lowest BCUT2D eigenvalue weighted by molar-refractivity contribution is -0.136. The summed E-state index contributed by atoms with van der Waals surface area (Å²) in [6.07, 6.45) is -0.313. The van der Waals surface area contributed by atoms with Crippen LogP contribution in [-0.2, 0) is 26.1 Å². The Morgan fingerprint density at radius 2 is 1.91 bits per heavy atom. The van der Waals surface area contributed by atoms with E-state index in [4.69, 9.17) is 5.11 Å². The third-order valence-corrected chi connectivity index (χ3v) is 4.64. The minimum atomic E-state index is -4.68. The zero-order valence-corrected chi connectivity index (χ0v) is 13.2. The number of nitrogens with zero attached hydrogens (tertiary/aromatic N) is 1. The molecule has 0 aliphatic rings. The number of nitrogens with one attached hydrogen (secondary N) is 1. The SMILES string of the molecule is O=C(O)Cc1csc(NC(=O)C(c2ccccc2)S(=O)(=O)O)n1. The van der Waals surface area contributed by atoms with Gasteiger partial charge in [-0.05, 0) is 5.56 Å². The predicted molar refractivity (Wildman–Crippen MR) is 82.8 cm³/mol. The number of aromatic nitrogens is 1. The van der Waals surface area contributed by atoms with Crippen LogP contribution in [0.15, 0.2) is 35.7 Å². The molecule has 0 spiro atoms. The lowest BCUT2D eigenvalue weighted by Gasteiger charge is -2.13. The first kappa shape index (κ1) is 17.1. The van der Waals surface area contributed by atoms with Gasteiger partial charge in [-0.1, -0.05) is 30.3 Å². The first-order chi connectivity index (χ1) is 10.8. The fraction of sp³-hybridized carbons (Fsp3) is 0.154. The van der Waals surface area contributed by atoms with Crippen LogP contribution in [0.2, 0.25) is 0 Å². The Morgan fingerprint density at radius 3 is 2.48 bits per heavy atom. The number of rotatable bonds is 6. The van der Waals surface area contributed by atoms with E-state index in [0.717, 1.165) is 11.3 Å². The van der Waals surface area contributed by atoms with E-state index in [0.29, 0.717) is 0 Å². The summed E-state index contributed by atoms with van der Waals surface area (Å²) in [5.41, 5.74) is 0.343. The summed E-state index contributed by atoms with van der Waals surface area (Å²) in [6, 6.07) is 7.51. The van der Waals surface area contributed by atoms with Crippen LogP contribution in [0.5, 0.6) is 0 Å². The Morgan fingerprint density at radius 1 is 1.26 bits per heavy atom. The molecule has 0 aliphatic carbocycles. The van der Waals surface area contributed by atoms with Crippen LogP contribution in [-0.4, -0.2) is 34.9 Å². The number of hydrogen-bond acceptors (Lipinski definition) is 6. The summed E-state index contributed by atoms with van der Waals surface area (Å²) in [4.78, 5) is 26.7. The molecule has 8 nitrogen and oxygen atoms in total. The number of anilines is 1. The van der Waals surface area contributed by atoms with Gasteiger partial charge in [0.15, 0.2) is 10.4 Å². The van der Waals surface area contributed by atoms with E-state index in [9.17, 15) is 22.6 Å². The molecule has 0 fully saturated rings. The molecule has 3 N–H and O–H groups in total. The molecule has 10 heteroatoms. The largest absolute Gasteiger partial charge is 0.481 e. The van der Waals surface area contributed by atoms with Crippen molar-refractivity contribution in [3.63, 3.8) is 0 Å². The number of thiazole rings is 1. The van der Waals surface area contributed by atoms with E-state index in [2.05, 4.69) is 10.3 Å². The molecule has 122 valence electrons. The second-order valence-corrected chi connectivity index (χ2v) is 6.87. The molecule has 2 rings (SSSR count). The van der Waals surface area contributed by atoms with Crippen molar-refractivity contribution >= 4 is 38.5 Å². The number of benzene rings is 1. The molecule has 0 bridgehead atoms. The smallest absolute Gasteiger partial charge is 0.309 e. The maximum absolute atomic E-state index is 12.2. The van der Waals surface area contributed by atoms with Crippen LogP contribution in [0.4, 0.5) is 5.13 Å². The predicted octanol–water partition coefficient (Wildman–Crippen LogP) is 1.34. The average Bonchev–Trinajstić information content (AvgIpc) is 2.84. The zero-order chi connectivity index (χ0) is 17.0. The third kappa shape index (κ3) is 4.58. The molecule has 1 amide bonds. The first-order valence-electron chi connectivity index (χ1n) is 6.25. The fourth-order valence-electron chi connectivity index (χ4n) is 1.86. The molecule has 1 unspecified atom stereocenters. The number of carbonyl (C=O) groups is 2. The second kappa shape index (κ2) is 6.86. The molecule has 1 atom stereocenters. The minimum absolute atomic E-state index is 0.0517. The highest BCUT2D eigenvalue weighted by Crippen LogP contribution is 2.24. The van der Waals surface area contributed by atoms with Crippen molar-refractivity contribution < 1.29 is 27.7 Å². The van der Waals surface area contributed by atoms with E-state index in [1.807, 2.05) is 0 Å².